The van der Waals surface area contributed by atoms with Crippen LogP contribution < -0.4 is 5.32 Å². The minimum Gasteiger partial charge on any atom is -0.314 e. The fourth-order valence-corrected chi connectivity index (χ4v) is 0.467. The molecule has 2 heteroatoms. The Morgan fingerprint density at radius 1 is 1.57 bits per heavy atom. The molecule has 1 aliphatic rings. The Morgan fingerprint density at radius 3 is 2.57 bits per heavy atom. The second-order valence-corrected chi connectivity index (χ2v) is 1.48. The molecule has 0 atom stereocenters. The van der Waals surface area contributed by atoms with Crippen molar-refractivity contribution in [2.75, 3.05) is 33.1 Å². The summed E-state index contributed by atoms with van der Waals surface area (Å²) < 4.78 is 29.5. The Morgan fingerprint density at radius 2 is 2.14 bits per heavy atom. The first-order chi connectivity index (χ1) is 4.86. The summed E-state index contributed by atoms with van der Waals surface area (Å²) >= 11 is 0. The van der Waals surface area contributed by atoms with Crippen LogP contribution in [0.4, 0.5) is 0 Å². The highest BCUT2D eigenvalue weighted by Gasteiger charge is 2.01. The average molecular weight is 104 g/mol. The van der Waals surface area contributed by atoms with Crippen LogP contribution in [0.3, 0.4) is 0 Å². The molecule has 0 unspecified atom stereocenters. The molecule has 0 bridgehead atoms. The van der Waals surface area contributed by atoms with Crippen LogP contribution in [0.2, 0.25) is 0 Å². The molecule has 2 nitrogen and oxygen atoms in total. The van der Waals surface area contributed by atoms with Gasteiger partial charge in [-0.1, -0.05) is 0 Å². The van der Waals surface area contributed by atoms with Gasteiger partial charge in [0, 0.05) is 31.6 Å². The van der Waals surface area contributed by atoms with Crippen molar-refractivity contribution in [1.82, 2.24) is 10.2 Å². The second-order valence-electron chi connectivity index (χ2n) is 1.48. The minimum atomic E-state index is -1.58. The van der Waals surface area contributed by atoms with Gasteiger partial charge in [-0.15, -0.1) is 0 Å². The zero-order valence-corrected chi connectivity index (χ0v) is 4.36. The van der Waals surface area contributed by atoms with Crippen molar-refractivity contribution in [3.63, 3.8) is 0 Å². The topological polar surface area (TPSA) is 15.3 Å². The van der Waals surface area contributed by atoms with Crippen LogP contribution in [-0.2, 0) is 0 Å². The summed E-state index contributed by atoms with van der Waals surface area (Å²) in [6.45, 7) is -2.80. The zero-order chi connectivity index (χ0) is 8.70. The maximum absolute atomic E-state index is 7.38. The predicted molar refractivity (Wildman–Crippen MR) is 30.4 cm³/mol. The van der Waals surface area contributed by atoms with E-state index in [4.69, 9.17) is 5.48 Å². The van der Waals surface area contributed by atoms with Crippen LogP contribution in [-0.4, -0.2) is 38.0 Å². The van der Waals surface area contributed by atoms with Crippen molar-refractivity contribution >= 4 is 0 Å². The van der Waals surface area contributed by atoms with Gasteiger partial charge < -0.3 is 10.2 Å². The lowest BCUT2D eigenvalue weighted by Gasteiger charge is -2.21. The molecule has 1 fully saturated rings. The van der Waals surface area contributed by atoms with Gasteiger partial charge in [-0.2, -0.15) is 0 Å². The lowest BCUT2D eigenvalue weighted by atomic mass is 10.4. The normalized spacial score (nSPS) is 48.1. The molecule has 1 aliphatic heterocycles. The van der Waals surface area contributed by atoms with Gasteiger partial charge in [0.2, 0.25) is 0 Å². The second kappa shape index (κ2) is 2.28. The average Bonchev–Trinajstić information content (AvgIpc) is 1.82. The molecule has 0 spiro atoms. The summed E-state index contributed by atoms with van der Waals surface area (Å²) in [6.07, 6.45) is 0. The first-order valence-electron chi connectivity index (χ1n) is 4.31. The van der Waals surface area contributed by atoms with Crippen molar-refractivity contribution in [1.29, 1.82) is 0 Å². The quantitative estimate of drug-likeness (QED) is 0.446. The standard InChI is InChI=1S/C5H12N2/c1-7-4-2-6-3-5-7/h6H,2-5H2,1H3/i4D2,5D2. The summed E-state index contributed by atoms with van der Waals surface area (Å²) in [4.78, 5) is 1.12. The molecule has 0 aromatic heterocycles. The van der Waals surface area contributed by atoms with Crippen molar-refractivity contribution < 1.29 is 5.48 Å². The van der Waals surface area contributed by atoms with Gasteiger partial charge >= 0.3 is 0 Å². The number of nitrogens with zero attached hydrogens (tertiary/aromatic N) is 1. The summed E-state index contributed by atoms with van der Waals surface area (Å²) in [6, 6.07) is 0. The van der Waals surface area contributed by atoms with Crippen molar-refractivity contribution in [3.05, 3.63) is 0 Å². The molecule has 1 N–H and O–H groups in total. The summed E-state index contributed by atoms with van der Waals surface area (Å²) in [5, 5.41) is 2.70. The van der Waals surface area contributed by atoms with E-state index in [1.807, 2.05) is 0 Å². The Balaban J connectivity index is 2.76. The van der Waals surface area contributed by atoms with E-state index in [-0.39, 0.29) is 13.1 Å². The lowest BCUT2D eigenvalue weighted by Crippen LogP contribution is -2.40. The summed E-state index contributed by atoms with van der Waals surface area (Å²) in [5.74, 6) is 0. The van der Waals surface area contributed by atoms with E-state index >= 15 is 0 Å². The molecule has 0 aliphatic carbocycles. The molecule has 1 rings (SSSR count). The van der Waals surface area contributed by atoms with E-state index in [2.05, 4.69) is 5.32 Å². The lowest BCUT2D eigenvalue weighted by molar-refractivity contribution is 0.291. The predicted octanol–water partition coefficient (Wildman–Crippen LogP) is -0.479. The summed E-state index contributed by atoms with van der Waals surface area (Å²) in [5.41, 5.74) is 0. The third-order valence-corrected chi connectivity index (χ3v) is 0.882. The van der Waals surface area contributed by atoms with Gasteiger partial charge in [0.15, 0.2) is 0 Å². The van der Waals surface area contributed by atoms with E-state index in [1.165, 1.54) is 7.05 Å². The third kappa shape index (κ3) is 1.45. The van der Waals surface area contributed by atoms with Crippen LogP contribution in [0.15, 0.2) is 0 Å². The monoisotopic (exact) mass is 104 g/mol. The van der Waals surface area contributed by atoms with Crippen LogP contribution in [0.1, 0.15) is 5.48 Å². The number of likely N-dealkylation sites (N-methyl/N-ethyl adjacent to an activating group) is 1. The molecule has 42 valence electrons. The van der Waals surface area contributed by atoms with Gasteiger partial charge in [0.25, 0.3) is 0 Å². The molecule has 0 aromatic rings. The van der Waals surface area contributed by atoms with Crippen LogP contribution >= 0.6 is 0 Å². The van der Waals surface area contributed by atoms with Gasteiger partial charge in [-0.3, -0.25) is 0 Å². The van der Waals surface area contributed by atoms with E-state index in [1.54, 1.807) is 0 Å². The Kier molecular flexibility index (Phi) is 0.664. The van der Waals surface area contributed by atoms with Crippen LogP contribution in [0.5, 0.6) is 0 Å². The molecule has 0 radical (unpaired) electrons. The highest BCUT2D eigenvalue weighted by Crippen LogP contribution is 1.82. The van der Waals surface area contributed by atoms with Crippen LogP contribution in [0.25, 0.3) is 0 Å². The largest absolute Gasteiger partial charge is 0.314 e. The number of rotatable bonds is 0. The molecular formula is C5H12N2. The number of nitrogens with one attached hydrogen (secondary N) is 1. The van der Waals surface area contributed by atoms with Gasteiger partial charge in [-0.05, 0) is 7.05 Å². The molecular weight excluding hydrogens is 88.1 g/mol. The van der Waals surface area contributed by atoms with Crippen molar-refractivity contribution in [3.8, 4) is 0 Å². The van der Waals surface area contributed by atoms with E-state index in [0.717, 1.165) is 4.90 Å². The first-order valence-corrected chi connectivity index (χ1v) is 2.31. The molecule has 1 heterocycles. The highest BCUT2D eigenvalue weighted by molar-refractivity contribution is 4.62. The van der Waals surface area contributed by atoms with Crippen LogP contribution in [0, 0.1) is 0 Å². The fourth-order valence-electron chi connectivity index (χ4n) is 0.467. The maximum Gasteiger partial charge on any atom is 0.0444 e. The Labute approximate surface area is 50.1 Å². The van der Waals surface area contributed by atoms with Crippen molar-refractivity contribution in [2.45, 2.75) is 0 Å². The summed E-state index contributed by atoms with van der Waals surface area (Å²) in [7, 11) is 1.46. The SMILES string of the molecule is [2H]C1([2H])CNCC([2H])([2H])N1C. The molecule has 0 amide bonds. The number of hydrogen-bond acceptors (Lipinski definition) is 2. The first kappa shape index (κ1) is 2.03. The van der Waals surface area contributed by atoms with Gasteiger partial charge in [-0.25, -0.2) is 0 Å². The van der Waals surface area contributed by atoms with E-state index in [0.29, 0.717) is 0 Å². The van der Waals surface area contributed by atoms with E-state index < -0.39 is 13.0 Å². The molecule has 7 heavy (non-hydrogen) atoms. The third-order valence-electron chi connectivity index (χ3n) is 0.882. The highest BCUT2D eigenvalue weighted by atomic mass is 15.2. The number of hydrogen-bond donors (Lipinski definition) is 1. The number of piperazine rings is 1. The zero-order valence-electron chi connectivity index (χ0n) is 8.36. The maximum atomic E-state index is 7.38. The fraction of sp³-hybridized carbons (Fsp3) is 1.00. The minimum absolute atomic E-state index is 0.184. The molecule has 0 aromatic carbocycles. The van der Waals surface area contributed by atoms with Gasteiger partial charge in [0.1, 0.15) is 0 Å². The van der Waals surface area contributed by atoms with Crippen molar-refractivity contribution in [2.24, 2.45) is 0 Å². The van der Waals surface area contributed by atoms with E-state index in [9.17, 15) is 0 Å². The van der Waals surface area contributed by atoms with Gasteiger partial charge in [0.05, 0.1) is 0 Å². The Bertz CT molecular complexity index is 143. The Hall–Kier alpha value is -0.0800. The molecule has 0 saturated carbocycles. The smallest absolute Gasteiger partial charge is 0.0444 e. The molecule has 1 saturated heterocycles.